The molecule has 0 aromatic carbocycles. The van der Waals surface area contributed by atoms with Crippen LogP contribution in [0.2, 0.25) is 0 Å². The minimum absolute atomic E-state index is 0.548. The Hall–Kier alpha value is -1.71. The lowest BCUT2D eigenvalue weighted by molar-refractivity contribution is 0.240. The van der Waals surface area contributed by atoms with Crippen LogP contribution in [0, 0.1) is 11.3 Å². The average molecular weight is 246 g/mol. The molecule has 0 saturated carbocycles. The third-order valence-electron chi connectivity index (χ3n) is 2.99. The number of nitrogens with zero attached hydrogens (tertiary/aromatic N) is 4. The normalized spacial score (nSPS) is 16.2. The molecule has 6 nitrogen and oxygen atoms in total. The number of hydrogen-bond acceptors (Lipinski definition) is 6. The Morgan fingerprint density at radius 1 is 1.44 bits per heavy atom. The predicted octanol–water partition coefficient (Wildman–Crippen LogP) is 0.0555. The molecule has 0 radical (unpaired) electrons. The van der Waals surface area contributed by atoms with Gasteiger partial charge in [0.25, 0.3) is 0 Å². The van der Waals surface area contributed by atoms with Crippen molar-refractivity contribution in [3.05, 3.63) is 17.8 Å². The van der Waals surface area contributed by atoms with Crippen molar-refractivity contribution in [2.24, 2.45) is 0 Å². The Kier molecular flexibility index (Phi) is 4.88. The van der Waals surface area contributed by atoms with Crippen LogP contribution in [-0.4, -0.2) is 54.4 Å². The quantitative estimate of drug-likeness (QED) is 0.715. The van der Waals surface area contributed by atoms with Gasteiger partial charge < -0.3 is 15.5 Å². The van der Waals surface area contributed by atoms with E-state index in [1.165, 1.54) is 6.20 Å². The SMILES string of the molecule is N#Cc1ccnnc1NCCCN1CCNCC1. The molecule has 1 aromatic heterocycles. The first-order chi connectivity index (χ1) is 8.90. The molecule has 0 amide bonds. The fraction of sp³-hybridized carbons (Fsp3) is 0.583. The molecule has 1 aliphatic heterocycles. The van der Waals surface area contributed by atoms with Gasteiger partial charge in [-0.05, 0) is 19.0 Å². The topological polar surface area (TPSA) is 76.9 Å². The van der Waals surface area contributed by atoms with Crippen molar-refractivity contribution in [2.75, 3.05) is 44.6 Å². The molecule has 0 spiro atoms. The molecule has 0 unspecified atom stereocenters. The van der Waals surface area contributed by atoms with Gasteiger partial charge in [-0.3, -0.25) is 0 Å². The second-order valence-electron chi connectivity index (χ2n) is 4.28. The number of piperazine rings is 1. The summed E-state index contributed by atoms with van der Waals surface area (Å²) in [5.74, 6) is 0.584. The molecular formula is C12H18N6. The molecule has 0 bridgehead atoms. The molecular weight excluding hydrogens is 228 g/mol. The van der Waals surface area contributed by atoms with Crippen molar-refractivity contribution in [1.82, 2.24) is 20.4 Å². The highest BCUT2D eigenvalue weighted by Crippen LogP contribution is 2.07. The van der Waals surface area contributed by atoms with Crippen LogP contribution in [0.25, 0.3) is 0 Å². The average Bonchev–Trinajstić information content (AvgIpc) is 2.45. The van der Waals surface area contributed by atoms with E-state index in [2.05, 4.69) is 31.8 Å². The molecule has 6 heteroatoms. The summed E-state index contributed by atoms with van der Waals surface area (Å²) in [5.41, 5.74) is 0.548. The van der Waals surface area contributed by atoms with E-state index >= 15 is 0 Å². The first-order valence-electron chi connectivity index (χ1n) is 6.29. The van der Waals surface area contributed by atoms with Crippen molar-refractivity contribution in [3.8, 4) is 6.07 Å². The Morgan fingerprint density at radius 2 is 2.28 bits per heavy atom. The third kappa shape index (κ3) is 3.65. The Morgan fingerprint density at radius 3 is 3.06 bits per heavy atom. The zero-order valence-corrected chi connectivity index (χ0v) is 10.4. The van der Waals surface area contributed by atoms with Gasteiger partial charge in [-0.1, -0.05) is 0 Å². The van der Waals surface area contributed by atoms with Crippen LogP contribution in [0.1, 0.15) is 12.0 Å². The molecule has 18 heavy (non-hydrogen) atoms. The van der Waals surface area contributed by atoms with E-state index in [4.69, 9.17) is 5.26 Å². The van der Waals surface area contributed by atoms with E-state index < -0.39 is 0 Å². The zero-order chi connectivity index (χ0) is 12.6. The minimum atomic E-state index is 0.548. The van der Waals surface area contributed by atoms with Gasteiger partial charge in [0.05, 0.1) is 11.8 Å². The van der Waals surface area contributed by atoms with Crippen LogP contribution in [-0.2, 0) is 0 Å². The number of rotatable bonds is 5. The summed E-state index contributed by atoms with van der Waals surface area (Å²) in [6.07, 6.45) is 2.58. The highest BCUT2D eigenvalue weighted by Gasteiger charge is 2.08. The second-order valence-corrected chi connectivity index (χ2v) is 4.28. The van der Waals surface area contributed by atoms with E-state index in [-0.39, 0.29) is 0 Å². The molecule has 0 atom stereocenters. The number of nitrogens with one attached hydrogen (secondary N) is 2. The first kappa shape index (κ1) is 12.7. The smallest absolute Gasteiger partial charge is 0.166 e. The van der Waals surface area contributed by atoms with Crippen molar-refractivity contribution >= 4 is 5.82 Å². The molecule has 2 heterocycles. The minimum Gasteiger partial charge on any atom is -0.367 e. The summed E-state index contributed by atoms with van der Waals surface area (Å²) in [5, 5.41) is 23.1. The van der Waals surface area contributed by atoms with Crippen LogP contribution in [0.15, 0.2) is 12.3 Å². The van der Waals surface area contributed by atoms with Crippen molar-refractivity contribution < 1.29 is 0 Å². The van der Waals surface area contributed by atoms with Gasteiger partial charge in [-0.25, -0.2) is 0 Å². The molecule has 1 aromatic rings. The monoisotopic (exact) mass is 246 g/mol. The zero-order valence-electron chi connectivity index (χ0n) is 10.4. The standard InChI is InChI=1S/C12H18N6/c13-10-11-2-4-16-17-12(11)15-3-1-7-18-8-5-14-6-9-18/h2,4,14H,1,3,5-9H2,(H,15,17). The Balaban J connectivity index is 1.70. The van der Waals surface area contributed by atoms with Gasteiger partial charge in [0.2, 0.25) is 0 Å². The molecule has 1 fully saturated rings. The first-order valence-corrected chi connectivity index (χ1v) is 6.29. The number of aromatic nitrogens is 2. The van der Waals surface area contributed by atoms with E-state index in [0.717, 1.165) is 45.7 Å². The number of anilines is 1. The molecule has 1 aliphatic rings. The molecule has 2 N–H and O–H groups in total. The van der Waals surface area contributed by atoms with E-state index in [0.29, 0.717) is 11.4 Å². The Bertz CT molecular complexity index is 407. The van der Waals surface area contributed by atoms with Gasteiger partial charge in [0.1, 0.15) is 6.07 Å². The van der Waals surface area contributed by atoms with Crippen molar-refractivity contribution in [1.29, 1.82) is 5.26 Å². The molecule has 2 rings (SSSR count). The lowest BCUT2D eigenvalue weighted by atomic mass is 10.3. The molecule has 96 valence electrons. The maximum atomic E-state index is 8.91. The highest BCUT2D eigenvalue weighted by molar-refractivity contribution is 5.49. The molecule has 0 aliphatic carbocycles. The van der Waals surface area contributed by atoms with Crippen molar-refractivity contribution in [2.45, 2.75) is 6.42 Å². The van der Waals surface area contributed by atoms with E-state index in [9.17, 15) is 0 Å². The van der Waals surface area contributed by atoms with E-state index in [1.807, 2.05) is 0 Å². The predicted molar refractivity (Wildman–Crippen MR) is 69.2 cm³/mol. The van der Waals surface area contributed by atoms with Crippen LogP contribution >= 0.6 is 0 Å². The van der Waals surface area contributed by atoms with Gasteiger partial charge >= 0.3 is 0 Å². The van der Waals surface area contributed by atoms with Gasteiger partial charge in [0, 0.05) is 32.7 Å². The summed E-state index contributed by atoms with van der Waals surface area (Å²) in [6.45, 7) is 6.30. The maximum Gasteiger partial charge on any atom is 0.166 e. The summed E-state index contributed by atoms with van der Waals surface area (Å²) in [6, 6.07) is 3.77. The number of nitriles is 1. The largest absolute Gasteiger partial charge is 0.367 e. The Labute approximate surface area is 107 Å². The summed E-state index contributed by atoms with van der Waals surface area (Å²) in [4.78, 5) is 2.44. The fourth-order valence-corrected chi connectivity index (χ4v) is 2.00. The van der Waals surface area contributed by atoms with Crippen molar-refractivity contribution in [3.63, 3.8) is 0 Å². The third-order valence-corrected chi connectivity index (χ3v) is 2.99. The van der Waals surface area contributed by atoms with Crippen LogP contribution in [0.5, 0.6) is 0 Å². The number of hydrogen-bond donors (Lipinski definition) is 2. The highest BCUT2D eigenvalue weighted by atomic mass is 15.2. The maximum absolute atomic E-state index is 8.91. The lowest BCUT2D eigenvalue weighted by Crippen LogP contribution is -2.44. The van der Waals surface area contributed by atoms with Crippen LogP contribution in [0.3, 0.4) is 0 Å². The van der Waals surface area contributed by atoms with Gasteiger partial charge in [-0.15, -0.1) is 5.10 Å². The fourth-order valence-electron chi connectivity index (χ4n) is 2.00. The molecule has 1 saturated heterocycles. The summed E-state index contributed by atoms with van der Waals surface area (Å²) in [7, 11) is 0. The lowest BCUT2D eigenvalue weighted by Gasteiger charge is -2.27. The van der Waals surface area contributed by atoms with Gasteiger partial charge in [0.15, 0.2) is 5.82 Å². The summed E-state index contributed by atoms with van der Waals surface area (Å²) >= 11 is 0. The second kappa shape index (κ2) is 6.89. The van der Waals surface area contributed by atoms with Gasteiger partial charge in [-0.2, -0.15) is 10.4 Å². The summed E-state index contributed by atoms with van der Waals surface area (Å²) < 4.78 is 0. The van der Waals surface area contributed by atoms with Crippen LogP contribution < -0.4 is 10.6 Å². The van der Waals surface area contributed by atoms with Crippen LogP contribution in [0.4, 0.5) is 5.82 Å². The van der Waals surface area contributed by atoms with E-state index in [1.54, 1.807) is 6.07 Å².